The van der Waals surface area contributed by atoms with Crippen molar-refractivity contribution in [3.63, 3.8) is 0 Å². The van der Waals surface area contributed by atoms with Gasteiger partial charge < -0.3 is 9.64 Å². The first-order valence-corrected chi connectivity index (χ1v) is 14.2. The minimum absolute atomic E-state index is 0.246. The van der Waals surface area contributed by atoms with E-state index in [0.29, 0.717) is 5.92 Å². The quantitative estimate of drug-likeness (QED) is 0.330. The number of benzene rings is 3. The van der Waals surface area contributed by atoms with Crippen LogP contribution < -0.4 is 4.74 Å². The molecule has 0 saturated carbocycles. The van der Waals surface area contributed by atoms with Crippen molar-refractivity contribution in [3.8, 4) is 5.75 Å². The first kappa shape index (κ1) is 27.1. The number of Topliss-reactive ketones (excluding diaryl/α,β-unsaturated/α-hetero) is 1. The average molecular weight is 498 g/mol. The van der Waals surface area contributed by atoms with Gasteiger partial charge in [0.15, 0.2) is 0 Å². The third-order valence-electron chi connectivity index (χ3n) is 8.14. The number of nitrogens with zero attached hydrogens (tertiary/aromatic N) is 1. The lowest BCUT2D eigenvalue weighted by atomic mass is 9.64. The lowest BCUT2D eigenvalue weighted by molar-refractivity contribution is -0.121. The van der Waals surface area contributed by atoms with Gasteiger partial charge in [-0.25, -0.2) is 0 Å². The number of rotatable bonds is 8. The predicted molar refractivity (Wildman–Crippen MR) is 154 cm³/mol. The number of hydrogen-bond acceptors (Lipinski definition) is 3. The molecule has 0 aromatic heterocycles. The molecular formula is C34H43NO2. The molecule has 3 aromatic rings. The van der Waals surface area contributed by atoms with Crippen LogP contribution in [-0.2, 0) is 23.1 Å². The van der Waals surface area contributed by atoms with E-state index in [0.717, 1.165) is 62.4 Å². The zero-order valence-corrected chi connectivity index (χ0v) is 23.1. The number of carbonyl (C=O) groups is 1. The van der Waals surface area contributed by atoms with Gasteiger partial charge in [-0.1, -0.05) is 80.6 Å². The van der Waals surface area contributed by atoms with E-state index in [4.69, 9.17) is 4.74 Å². The minimum Gasteiger partial charge on any atom is -0.493 e. The Bertz CT molecular complexity index is 1170. The van der Waals surface area contributed by atoms with Gasteiger partial charge >= 0.3 is 0 Å². The summed E-state index contributed by atoms with van der Waals surface area (Å²) in [5.74, 6) is 1.79. The third-order valence-corrected chi connectivity index (χ3v) is 8.14. The maximum Gasteiger partial charge on any atom is 0.144 e. The monoisotopic (exact) mass is 497 g/mol. The van der Waals surface area contributed by atoms with Gasteiger partial charge in [-0.05, 0) is 85.9 Å². The maximum atomic E-state index is 13.6. The molecule has 0 radical (unpaired) electrons. The highest BCUT2D eigenvalue weighted by Crippen LogP contribution is 2.42. The first-order chi connectivity index (χ1) is 18.1. The summed E-state index contributed by atoms with van der Waals surface area (Å²) >= 11 is 0. The molecule has 2 heterocycles. The molecule has 5 rings (SSSR count). The molecule has 1 fully saturated rings. The summed E-state index contributed by atoms with van der Waals surface area (Å²) in [4.78, 5) is 16.2. The molecule has 0 aliphatic carbocycles. The lowest BCUT2D eigenvalue weighted by Crippen LogP contribution is -2.43. The van der Waals surface area contributed by atoms with E-state index in [2.05, 4.69) is 78.6 Å². The molecule has 2 unspecified atom stereocenters. The Hall–Kier alpha value is -2.91. The fourth-order valence-corrected chi connectivity index (χ4v) is 6.33. The standard InChI is InChI=1S/C32H37NO2.C2H6/c1-24-9-6-7-13-30(24)32(25(2)34,29-11-4-3-5-12-29)22-27-10-8-18-33(23-27)19-16-26-14-15-31-28(21-26)17-20-35-31;1-2/h3-7,9,11-15,21,27H,8,10,16-20,22-23H2,1-2H3;1-2H3. The van der Waals surface area contributed by atoms with Crippen molar-refractivity contribution >= 4 is 5.78 Å². The summed E-state index contributed by atoms with van der Waals surface area (Å²) in [5.41, 5.74) is 5.64. The number of likely N-dealkylation sites (tertiary alicyclic amines) is 1. The number of aryl methyl sites for hydroxylation is 1. The predicted octanol–water partition coefficient (Wildman–Crippen LogP) is 7.18. The second kappa shape index (κ2) is 12.6. The number of fused-ring (bicyclic) bond motifs is 1. The lowest BCUT2D eigenvalue weighted by Gasteiger charge is -2.40. The van der Waals surface area contributed by atoms with E-state index < -0.39 is 5.41 Å². The highest BCUT2D eigenvalue weighted by atomic mass is 16.5. The Balaban J connectivity index is 0.00000156. The van der Waals surface area contributed by atoms with Crippen LogP contribution in [0.5, 0.6) is 5.75 Å². The second-order valence-corrected chi connectivity index (χ2v) is 10.4. The van der Waals surface area contributed by atoms with Gasteiger partial charge in [0, 0.05) is 19.5 Å². The van der Waals surface area contributed by atoms with Crippen LogP contribution in [0.2, 0.25) is 0 Å². The van der Waals surface area contributed by atoms with Crippen molar-refractivity contribution in [2.24, 2.45) is 5.92 Å². The Morgan fingerprint density at radius 2 is 1.78 bits per heavy atom. The van der Waals surface area contributed by atoms with Crippen LogP contribution in [0.25, 0.3) is 0 Å². The Morgan fingerprint density at radius 1 is 1.03 bits per heavy atom. The average Bonchev–Trinajstić information content (AvgIpc) is 3.41. The topological polar surface area (TPSA) is 29.5 Å². The van der Waals surface area contributed by atoms with Crippen molar-refractivity contribution in [3.05, 3.63) is 101 Å². The van der Waals surface area contributed by atoms with Crippen molar-refractivity contribution in [1.29, 1.82) is 0 Å². The SMILES string of the molecule is CC.CC(=O)C(CC1CCCN(CCc2ccc3c(c2)CCO3)C1)(c1ccccc1)c1ccccc1C. The van der Waals surface area contributed by atoms with E-state index in [1.807, 2.05) is 19.9 Å². The van der Waals surface area contributed by atoms with Gasteiger partial charge in [-0.15, -0.1) is 0 Å². The summed E-state index contributed by atoms with van der Waals surface area (Å²) in [5, 5.41) is 0. The first-order valence-electron chi connectivity index (χ1n) is 14.2. The molecule has 1 saturated heterocycles. The number of carbonyl (C=O) groups excluding carboxylic acids is 1. The second-order valence-electron chi connectivity index (χ2n) is 10.4. The third kappa shape index (κ3) is 5.99. The van der Waals surface area contributed by atoms with Crippen LogP contribution >= 0.6 is 0 Å². The highest BCUT2D eigenvalue weighted by Gasteiger charge is 2.42. The van der Waals surface area contributed by atoms with Gasteiger partial charge in [0.25, 0.3) is 0 Å². The molecule has 2 aliphatic rings. The summed E-state index contributed by atoms with van der Waals surface area (Å²) in [6, 6.07) is 25.6. The van der Waals surface area contributed by atoms with Crippen LogP contribution in [0.4, 0.5) is 0 Å². The zero-order chi connectivity index (χ0) is 26.3. The van der Waals surface area contributed by atoms with Gasteiger partial charge in [-0.2, -0.15) is 0 Å². The Labute approximate surface area is 223 Å². The fourth-order valence-electron chi connectivity index (χ4n) is 6.33. The molecule has 2 atom stereocenters. The summed E-state index contributed by atoms with van der Waals surface area (Å²) in [6.07, 6.45) is 5.33. The van der Waals surface area contributed by atoms with Crippen molar-refractivity contribution in [2.45, 2.75) is 65.2 Å². The van der Waals surface area contributed by atoms with Crippen LogP contribution in [0.15, 0.2) is 72.8 Å². The van der Waals surface area contributed by atoms with E-state index >= 15 is 0 Å². The van der Waals surface area contributed by atoms with Crippen LogP contribution in [0, 0.1) is 12.8 Å². The van der Waals surface area contributed by atoms with Gasteiger partial charge in [0.2, 0.25) is 0 Å². The molecule has 3 aromatic carbocycles. The number of ketones is 1. The molecule has 196 valence electrons. The molecule has 3 nitrogen and oxygen atoms in total. The zero-order valence-electron chi connectivity index (χ0n) is 23.1. The summed E-state index contributed by atoms with van der Waals surface area (Å²) in [7, 11) is 0. The molecule has 0 N–H and O–H groups in total. The molecule has 3 heteroatoms. The van der Waals surface area contributed by atoms with Crippen LogP contribution in [-0.4, -0.2) is 36.9 Å². The van der Waals surface area contributed by atoms with E-state index in [1.54, 1.807) is 6.92 Å². The molecule has 0 spiro atoms. The number of piperidine rings is 1. The summed E-state index contributed by atoms with van der Waals surface area (Å²) in [6.45, 7) is 12.0. The molecular weight excluding hydrogens is 454 g/mol. The van der Waals surface area contributed by atoms with E-state index in [9.17, 15) is 4.79 Å². The molecule has 0 bridgehead atoms. The molecule has 0 amide bonds. The normalized spacial score (nSPS) is 18.6. The van der Waals surface area contributed by atoms with E-state index in [-0.39, 0.29) is 5.78 Å². The largest absolute Gasteiger partial charge is 0.493 e. The Kier molecular flexibility index (Phi) is 9.21. The molecule has 37 heavy (non-hydrogen) atoms. The van der Waals surface area contributed by atoms with Crippen molar-refractivity contribution in [1.82, 2.24) is 4.90 Å². The smallest absolute Gasteiger partial charge is 0.144 e. The molecule has 2 aliphatic heterocycles. The highest BCUT2D eigenvalue weighted by molar-refractivity contribution is 5.92. The minimum atomic E-state index is -0.597. The fraction of sp³-hybridized carbons (Fsp3) is 0.441. The van der Waals surface area contributed by atoms with Gasteiger partial charge in [-0.3, -0.25) is 4.79 Å². The number of ether oxygens (including phenoxy) is 1. The Morgan fingerprint density at radius 3 is 2.54 bits per heavy atom. The summed E-state index contributed by atoms with van der Waals surface area (Å²) < 4.78 is 5.67. The van der Waals surface area contributed by atoms with Gasteiger partial charge in [0.1, 0.15) is 11.5 Å². The van der Waals surface area contributed by atoms with Crippen LogP contribution in [0.1, 0.15) is 67.9 Å². The van der Waals surface area contributed by atoms with E-state index in [1.165, 1.54) is 29.5 Å². The van der Waals surface area contributed by atoms with Crippen molar-refractivity contribution < 1.29 is 9.53 Å². The van der Waals surface area contributed by atoms with Gasteiger partial charge in [0.05, 0.1) is 12.0 Å². The number of hydrogen-bond donors (Lipinski definition) is 0. The van der Waals surface area contributed by atoms with Crippen molar-refractivity contribution in [2.75, 3.05) is 26.2 Å². The van der Waals surface area contributed by atoms with Crippen LogP contribution in [0.3, 0.4) is 0 Å². The maximum absolute atomic E-state index is 13.6.